The van der Waals surface area contributed by atoms with Crippen LogP contribution in [0.15, 0.2) is 0 Å². The van der Waals surface area contributed by atoms with Gasteiger partial charge in [-0.1, -0.05) is 13.8 Å². The zero-order chi connectivity index (χ0) is 22.9. The Labute approximate surface area is 166 Å². The van der Waals surface area contributed by atoms with Gasteiger partial charge < -0.3 is 42.1 Å². The molecule has 0 bridgehead atoms. The summed E-state index contributed by atoms with van der Waals surface area (Å²) in [6.07, 6.45) is -2.08. The van der Waals surface area contributed by atoms with Crippen molar-refractivity contribution < 1.29 is 44.4 Å². The van der Waals surface area contributed by atoms with Gasteiger partial charge in [-0.15, -0.1) is 0 Å². The molecule has 0 aliphatic heterocycles. The molecule has 5 unspecified atom stereocenters. The Balaban J connectivity index is 5.22. The van der Waals surface area contributed by atoms with Crippen LogP contribution < -0.4 is 21.7 Å². The van der Waals surface area contributed by atoms with Gasteiger partial charge in [0.25, 0.3) is 0 Å². The second-order valence-electron chi connectivity index (χ2n) is 6.74. The van der Waals surface area contributed by atoms with Gasteiger partial charge in [-0.2, -0.15) is 0 Å². The Morgan fingerprint density at radius 3 is 1.76 bits per heavy atom. The number of carbonyl (C=O) groups is 5. The molecule has 9 N–H and O–H groups in total. The van der Waals surface area contributed by atoms with Gasteiger partial charge in [0.1, 0.15) is 24.2 Å². The molecule has 5 atom stereocenters. The van der Waals surface area contributed by atoms with Crippen molar-refractivity contribution in [3.8, 4) is 0 Å². The molecule has 0 heterocycles. The van der Waals surface area contributed by atoms with Crippen LogP contribution in [0.4, 0.5) is 0 Å². The van der Waals surface area contributed by atoms with Crippen LogP contribution in [0, 0.1) is 5.92 Å². The van der Waals surface area contributed by atoms with E-state index in [1.807, 2.05) is 5.32 Å². The number of aliphatic hydroxyl groups is 2. The van der Waals surface area contributed by atoms with E-state index in [9.17, 15) is 34.2 Å². The Morgan fingerprint density at radius 2 is 1.38 bits per heavy atom. The van der Waals surface area contributed by atoms with Gasteiger partial charge in [-0.3, -0.25) is 19.2 Å². The number of aliphatic hydroxyl groups excluding tert-OH is 2. The summed E-state index contributed by atoms with van der Waals surface area (Å²) in [4.78, 5) is 58.4. The molecular weight excluding hydrogens is 392 g/mol. The largest absolute Gasteiger partial charge is 0.481 e. The van der Waals surface area contributed by atoms with Gasteiger partial charge in [0.2, 0.25) is 17.7 Å². The van der Waals surface area contributed by atoms with E-state index in [-0.39, 0.29) is 0 Å². The molecular formula is C16H28N4O9. The van der Waals surface area contributed by atoms with Crippen molar-refractivity contribution in [1.82, 2.24) is 16.0 Å². The van der Waals surface area contributed by atoms with Crippen molar-refractivity contribution in [2.24, 2.45) is 11.7 Å². The summed E-state index contributed by atoms with van der Waals surface area (Å²) >= 11 is 0. The van der Waals surface area contributed by atoms with E-state index in [2.05, 4.69) is 10.6 Å². The lowest BCUT2D eigenvalue weighted by Crippen LogP contribution is -2.60. The molecule has 29 heavy (non-hydrogen) atoms. The van der Waals surface area contributed by atoms with Crippen molar-refractivity contribution in [2.75, 3.05) is 6.61 Å². The second-order valence-corrected chi connectivity index (χ2v) is 6.74. The lowest BCUT2D eigenvalue weighted by Gasteiger charge is -2.26. The van der Waals surface area contributed by atoms with Gasteiger partial charge in [-0.05, 0) is 12.8 Å². The standard InChI is InChI=1S/C16H28N4O9/c1-6(2)12(15(27)18-8(16(28)29)4-10(23)24)20-13(25)9(5-21)19-14(26)11(17)7(3)22/h6-9,11-12,21-22H,4-5,17H2,1-3H3,(H,18,27)(H,19,26)(H,20,25)(H,23,24)(H,28,29). The summed E-state index contributed by atoms with van der Waals surface area (Å²) in [5.41, 5.74) is 5.44. The van der Waals surface area contributed by atoms with Crippen molar-refractivity contribution in [2.45, 2.75) is 57.5 Å². The van der Waals surface area contributed by atoms with Crippen LogP contribution in [0.1, 0.15) is 27.2 Å². The zero-order valence-electron chi connectivity index (χ0n) is 16.3. The van der Waals surface area contributed by atoms with E-state index in [4.69, 9.17) is 15.9 Å². The van der Waals surface area contributed by atoms with Crippen LogP contribution in [-0.4, -0.2) is 87.0 Å². The van der Waals surface area contributed by atoms with Crippen LogP contribution in [0.3, 0.4) is 0 Å². The summed E-state index contributed by atoms with van der Waals surface area (Å²) < 4.78 is 0. The van der Waals surface area contributed by atoms with Gasteiger partial charge >= 0.3 is 11.9 Å². The van der Waals surface area contributed by atoms with Crippen LogP contribution in [0.25, 0.3) is 0 Å². The number of nitrogens with one attached hydrogen (secondary N) is 3. The number of aliphatic carboxylic acids is 2. The molecule has 0 aromatic carbocycles. The number of carboxylic acid groups (broad SMARTS) is 2. The first-order valence-corrected chi connectivity index (χ1v) is 8.72. The number of rotatable bonds is 12. The molecule has 0 aromatic heterocycles. The predicted octanol–water partition coefficient (Wildman–Crippen LogP) is -3.64. The number of nitrogens with two attached hydrogens (primary N) is 1. The van der Waals surface area contributed by atoms with Crippen LogP contribution in [-0.2, 0) is 24.0 Å². The molecule has 0 aliphatic carbocycles. The Hall–Kier alpha value is -2.77. The van der Waals surface area contributed by atoms with E-state index in [1.165, 1.54) is 20.8 Å². The molecule has 13 nitrogen and oxygen atoms in total. The maximum absolute atomic E-state index is 12.4. The van der Waals surface area contributed by atoms with Crippen LogP contribution in [0.5, 0.6) is 0 Å². The topological polar surface area (TPSA) is 228 Å². The van der Waals surface area contributed by atoms with E-state index < -0.39 is 78.9 Å². The zero-order valence-corrected chi connectivity index (χ0v) is 16.3. The first kappa shape index (κ1) is 26.2. The van der Waals surface area contributed by atoms with Crippen LogP contribution in [0.2, 0.25) is 0 Å². The molecule has 0 fully saturated rings. The van der Waals surface area contributed by atoms with Crippen molar-refractivity contribution in [1.29, 1.82) is 0 Å². The molecule has 0 rings (SSSR count). The molecule has 166 valence electrons. The highest BCUT2D eigenvalue weighted by Crippen LogP contribution is 2.05. The summed E-state index contributed by atoms with van der Waals surface area (Å²) in [6, 6.07) is -5.84. The second kappa shape index (κ2) is 11.9. The van der Waals surface area contributed by atoms with Crippen molar-refractivity contribution in [3.05, 3.63) is 0 Å². The molecule has 0 aromatic rings. The fourth-order valence-corrected chi connectivity index (χ4v) is 2.11. The van der Waals surface area contributed by atoms with E-state index in [1.54, 1.807) is 0 Å². The lowest BCUT2D eigenvalue weighted by molar-refractivity contribution is -0.147. The summed E-state index contributed by atoms with van der Waals surface area (Å²) in [5, 5.41) is 42.8. The molecule has 0 aliphatic rings. The van der Waals surface area contributed by atoms with E-state index in [0.29, 0.717) is 0 Å². The summed E-state index contributed by atoms with van der Waals surface area (Å²) in [7, 11) is 0. The summed E-state index contributed by atoms with van der Waals surface area (Å²) in [6.45, 7) is 3.49. The maximum Gasteiger partial charge on any atom is 0.326 e. The van der Waals surface area contributed by atoms with E-state index >= 15 is 0 Å². The van der Waals surface area contributed by atoms with Gasteiger partial charge in [0, 0.05) is 0 Å². The molecule has 0 saturated heterocycles. The molecule has 0 spiro atoms. The minimum Gasteiger partial charge on any atom is -0.481 e. The average Bonchev–Trinajstić information content (AvgIpc) is 2.61. The maximum atomic E-state index is 12.4. The monoisotopic (exact) mass is 420 g/mol. The van der Waals surface area contributed by atoms with Crippen molar-refractivity contribution in [3.63, 3.8) is 0 Å². The predicted molar refractivity (Wildman–Crippen MR) is 97.3 cm³/mol. The van der Waals surface area contributed by atoms with Gasteiger partial charge in [-0.25, -0.2) is 4.79 Å². The molecule has 13 heteroatoms. The SMILES string of the molecule is CC(C)C(NC(=O)C(CO)NC(=O)C(N)C(C)O)C(=O)NC(CC(=O)O)C(=O)O. The van der Waals surface area contributed by atoms with Crippen LogP contribution >= 0.6 is 0 Å². The Morgan fingerprint density at radius 1 is 0.862 bits per heavy atom. The van der Waals surface area contributed by atoms with E-state index in [0.717, 1.165) is 0 Å². The molecule has 0 radical (unpaired) electrons. The normalized spacial score (nSPS) is 16.1. The molecule has 3 amide bonds. The summed E-state index contributed by atoms with van der Waals surface area (Å²) in [5.74, 6) is -6.38. The number of carboxylic acids is 2. The first-order chi connectivity index (χ1) is 13.3. The third kappa shape index (κ3) is 8.85. The third-order valence-electron chi connectivity index (χ3n) is 3.88. The Bertz CT molecular complexity index is 624. The fourth-order valence-electron chi connectivity index (χ4n) is 2.11. The van der Waals surface area contributed by atoms with Gasteiger partial charge in [0.05, 0.1) is 19.1 Å². The Kier molecular flexibility index (Phi) is 10.8. The first-order valence-electron chi connectivity index (χ1n) is 8.72. The number of hydrogen-bond acceptors (Lipinski definition) is 8. The molecule has 0 saturated carbocycles. The third-order valence-corrected chi connectivity index (χ3v) is 3.88. The van der Waals surface area contributed by atoms with Crippen molar-refractivity contribution >= 4 is 29.7 Å². The lowest BCUT2D eigenvalue weighted by atomic mass is 10.0. The minimum atomic E-state index is -1.71. The number of hydrogen-bond donors (Lipinski definition) is 8. The highest BCUT2D eigenvalue weighted by molar-refractivity contribution is 5.94. The smallest absolute Gasteiger partial charge is 0.326 e. The van der Waals surface area contributed by atoms with Gasteiger partial charge in [0.15, 0.2) is 0 Å². The highest BCUT2D eigenvalue weighted by atomic mass is 16.4. The minimum absolute atomic E-state index is 0.548. The number of carbonyl (C=O) groups excluding carboxylic acids is 3. The highest BCUT2D eigenvalue weighted by Gasteiger charge is 2.32. The fraction of sp³-hybridized carbons (Fsp3) is 0.688. The average molecular weight is 420 g/mol. The number of amides is 3. The quantitative estimate of drug-likeness (QED) is 0.154.